The summed E-state index contributed by atoms with van der Waals surface area (Å²) in [6.07, 6.45) is 14.4. The van der Waals surface area contributed by atoms with Crippen LogP contribution in [0.15, 0.2) is 0 Å². The Bertz CT molecular complexity index is 135. The van der Waals surface area contributed by atoms with E-state index in [1.54, 1.807) is 0 Å². The van der Waals surface area contributed by atoms with Gasteiger partial charge in [0.25, 0.3) is 0 Å². The minimum absolute atomic E-state index is 1.32. The number of hydrogen-bond acceptors (Lipinski definition) is 0. The Morgan fingerprint density at radius 1 is 0.688 bits per heavy atom. The molecule has 97 valence electrons. The van der Waals surface area contributed by atoms with E-state index in [4.69, 9.17) is 0 Å². The van der Waals surface area contributed by atoms with Gasteiger partial charge in [0.1, 0.15) is 0 Å². The van der Waals surface area contributed by atoms with E-state index in [-0.39, 0.29) is 0 Å². The molecular weight excluding hydrogens is 253 g/mol. The molecule has 1 radical (unpaired) electrons. The fourth-order valence-electron chi connectivity index (χ4n) is 1.99. The second-order valence-electron chi connectivity index (χ2n) is 6.19. The number of rotatable bonds is 11. The Labute approximate surface area is 107 Å². The zero-order chi connectivity index (χ0) is 12.3. The molecule has 0 aliphatic heterocycles. The van der Waals surface area contributed by atoms with Crippen molar-refractivity contribution in [3.8, 4) is 0 Å². The topological polar surface area (TPSA) is 0 Å². The van der Waals surface area contributed by atoms with E-state index >= 15 is 0 Å². The summed E-state index contributed by atoms with van der Waals surface area (Å²) in [6, 6.07) is 0. The minimum atomic E-state index is -1.32. The molecule has 0 spiro atoms. The molecule has 16 heavy (non-hydrogen) atoms. The van der Waals surface area contributed by atoms with Crippen molar-refractivity contribution in [2.45, 2.75) is 88.4 Å². The van der Waals surface area contributed by atoms with Crippen LogP contribution in [0.5, 0.6) is 0 Å². The number of hydrogen-bond donors (Lipinski definition) is 0. The molecule has 0 unspecified atom stereocenters. The molecule has 0 aromatic heterocycles. The third kappa shape index (κ3) is 14.5. The van der Waals surface area contributed by atoms with E-state index in [0.717, 1.165) is 0 Å². The molecule has 0 bridgehead atoms. The first-order valence-electron chi connectivity index (χ1n) is 7.40. The maximum atomic E-state index is 2.65. The van der Waals surface area contributed by atoms with Crippen LogP contribution < -0.4 is 0 Å². The second-order valence-corrected chi connectivity index (χ2v) is 17.0. The van der Waals surface area contributed by atoms with Gasteiger partial charge in [-0.3, -0.25) is 0 Å². The summed E-state index contributed by atoms with van der Waals surface area (Å²) in [4.78, 5) is 0. The van der Waals surface area contributed by atoms with Gasteiger partial charge in [-0.25, -0.2) is 0 Å². The Kier molecular flexibility index (Phi) is 11.0. The molecular formula is C15H33Ge. The van der Waals surface area contributed by atoms with Crippen molar-refractivity contribution < 1.29 is 0 Å². The molecule has 1 heteroatoms. The van der Waals surface area contributed by atoms with Crippen molar-refractivity contribution in [2.75, 3.05) is 0 Å². The molecule has 0 saturated carbocycles. The maximum absolute atomic E-state index is 2.65. The van der Waals surface area contributed by atoms with Gasteiger partial charge in [0.2, 0.25) is 0 Å². The van der Waals surface area contributed by atoms with Crippen LogP contribution in [-0.4, -0.2) is 13.3 Å². The average Bonchev–Trinajstić information content (AvgIpc) is 2.19. The van der Waals surface area contributed by atoms with Crippen LogP contribution in [0, 0.1) is 5.25 Å². The molecule has 0 fully saturated rings. The second kappa shape index (κ2) is 10.7. The van der Waals surface area contributed by atoms with Gasteiger partial charge < -0.3 is 0 Å². The van der Waals surface area contributed by atoms with Gasteiger partial charge in [0.05, 0.1) is 0 Å². The van der Waals surface area contributed by atoms with Crippen LogP contribution in [-0.2, 0) is 0 Å². The van der Waals surface area contributed by atoms with Gasteiger partial charge >= 0.3 is 107 Å². The summed E-state index contributed by atoms with van der Waals surface area (Å²) in [5.74, 6) is 7.44. The monoisotopic (exact) mass is 287 g/mol. The van der Waals surface area contributed by atoms with Crippen LogP contribution in [0.2, 0.25) is 17.3 Å². The van der Waals surface area contributed by atoms with Crippen molar-refractivity contribution in [3.63, 3.8) is 0 Å². The van der Waals surface area contributed by atoms with Gasteiger partial charge in [-0.05, 0) is 0 Å². The third-order valence-electron chi connectivity index (χ3n) is 3.06. The summed E-state index contributed by atoms with van der Waals surface area (Å²) in [5, 5.41) is 2.65. The van der Waals surface area contributed by atoms with E-state index in [2.05, 4.69) is 29.4 Å². The first-order valence-corrected chi connectivity index (χ1v) is 14.9. The molecule has 0 nitrogen and oxygen atoms in total. The predicted octanol–water partition coefficient (Wildman–Crippen LogP) is 5.99. The zero-order valence-corrected chi connectivity index (χ0v) is 14.2. The van der Waals surface area contributed by atoms with Crippen molar-refractivity contribution in [1.82, 2.24) is 0 Å². The van der Waals surface area contributed by atoms with Crippen LogP contribution in [0.4, 0.5) is 0 Å². The predicted molar refractivity (Wildman–Crippen MR) is 79.5 cm³/mol. The van der Waals surface area contributed by atoms with Crippen LogP contribution in [0.3, 0.4) is 0 Å². The van der Waals surface area contributed by atoms with Gasteiger partial charge in [0.15, 0.2) is 0 Å². The molecule has 0 aromatic rings. The molecule has 0 rings (SSSR count). The molecule has 0 N–H and O–H groups in total. The standard InChI is InChI=1S/C15H33Ge/c1-5-6-7-8-9-10-11-12-13-14-15-16(2,3)4/h15H,5-14H2,1-4H3. The normalized spacial score (nSPS) is 12.0. The molecule has 0 atom stereocenters. The molecule has 0 aromatic carbocycles. The van der Waals surface area contributed by atoms with E-state index in [1.165, 1.54) is 64.2 Å². The van der Waals surface area contributed by atoms with E-state index in [0.29, 0.717) is 0 Å². The SMILES string of the molecule is CCCCCCCCCCC[CH][Ge]([CH3])([CH3])[CH3]. The van der Waals surface area contributed by atoms with Crippen LogP contribution >= 0.6 is 0 Å². The van der Waals surface area contributed by atoms with Crippen molar-refractivity contribution >= 4 is 13.3 Å². The Hall–Kier alpha value is 0.543. The van der Waals surface area contributed by atoms with E-state index < -0.39 is 13.3 Å². The van der Waals surface area contributed by atoms with Gasteiger partial charge in [0, 0.05) is 0 Å². The summed E-state index contributed by atoms with van der Waals surface area (Å²) >= 11 is -1.32. The van der Waals surface area contributed by atoms with Crippen LogP contribution in [0.25, 0.3) is 0 Å². The van der Waals surface area contributed by atoms with Crippen molar-refractivity contribution in [1.29, 1.82) is 0 Å². The van der Waals surface area contributed by atoms with Crippen molar-refractivity contribution in [3.05, 3.63) is 5.25 Å². The van der Waals surface area contributed by atoms with Gasteiger partial charge in [-0.1, -0.05) is 0 Å². The summed E-state index contributed by atoms with van der Waals surface area (Å²) in [7, 11) is 0. The Morgan fingerprint density at radius 2 is 1.12 bits per heavy atom. The quantitative estimate of drug-likeness (QED) is 0.323. The van der Waals surface area contributed by atoms with Crippen molar-refractivity contribution in [2.24, 2.45) is 0 Å². The molecule has 0 heterocycles. The molecule has 0 saturated heterocycles. The van der Waals surface area contributed by atoms with Gasteiger partial charge in [-0.2, -0.15) is 0 Å². The Balaban J connectivity index is 2.99. The first kappa shape index (κ1) is 16.5. The first-order chi connectivity index (χ1) is 7.56. The van der Waals surface area contributed by atoms with Gasteiger partial charge in [-0.15, -0.1) is 0 Å². The molecule has 0 aliphatic carbocycles. The fraction of sp³-hybridized carbons (Fsp3) is 0.933. The average molecular weight is 286 g/mol. The Morgan fingerprint density at radius 3 is 1.56 bits per heavy atom. The molecule has 0 aliphatic rings. The zero-order valence-electron chi connectivity index (χ0n) is 12.1. The summed E-state index contributed by atoms with van der Waals surface area (Å²) < 4.78 is 0. The van der Waals surface area contributed by atoms with Crippen LogP contribution in [0.1, 0.15) is 71.1 Å². The third-order valence-corrected chi connectivity index (χ3v) is 6.24. The van der Waals surface area contributed by atoms with E-state index in [1.807, 2.05) is 0 Å². The van der Waals surface area contributed by atoms with E-state index in [9.17, 15) is 0 Å². The number of unbranched alkanes of at least 4 members (excludes halogenated alkanes) is 9. The fourth-order valence-corrected chi connectivity index (χ4v) is 4.24. The summed E-state index contributed by atoms with van der Waals surface area (Å²) in [5.41, 5.74) is 0. The molecule has 0 amide bonds. The summed E-state index contributed by atoms with van der Waals surface area (Å²) in [6.45, 7) is 2.29.